The lowest BCUT2D eigenvalue weighted by Crippen LogP contribution is -2.12. The fraction of sp³-hybridized carbons (Fsp3) is 0.0625. The molecule has 20 heavy (non-hydrogen) atoms. The zero-order valence-corrected chi connectivity index (χ0v) is 11.3. The largest absolute Gasteiger partial charge is 0.384 e. The molecule has 0 spiro atoms. The van der Waals surface area contributed by atoms with Gasteiger partial charge in [-0.25, -0.2) is 0 Å². The Hall–Kier alpha value is -2.28. The molecule has 0 aliphatic heterocycles. The molecule has 0 saturated carbocycles. The van der Waals surface area contributed by atoms with Crippen molar-refractivity contribution in [2.45, 2.75) is 0 Å². The van der Waals surface area contributed by atoms with Crippen LogP contribution in [0.15, 0.2) is 48.5 Å². The number of aliphatic hydroxyl groups is 1. The predicted molar refractivity (Wildman–Crippen MR) is 79.8 cm³/mol. The fourth-order valence-electron chi connectivity index (χ4n) is 1.62. The lowest BCUT2D eigenvalue weighted by atomic mass is 10.2. The Morgan fingerprint density at radius 3 is 2.50 bits per heavy atom. The number of halogens is 1. The Balaban J connectivity index is 2.11. The summed E-state index contributed by atoms with van der Waals surface area (Å²) >= 11 is 5.96. The molecule has 0 atom stereocenters. The van der Waals surface area contributed by atoms with Crippen LogP contribution in [0.4, 0.5) is 5.69 Å². The van der Waals surface area contributed by atoms with E-state index >= 15 is 0 Å². The van der Waals surface area contributed by atoms with E-state index in [-0.39, 0.29) is 12.5 Å². The van der Waals surface area contributed by atoms with Gasteiger partial charge in [0.2, 0.25) is 0 Å². The van der Waals surface area contributed by atoms with Crippen molar-refractivity contribution in [2.24, 2.45) is 0 Å². The molecule has 2 aromatic rings. The van der Waals surface area contributed by atoms with E-state index in [2.05, 4.69) is 17.2 Å². The van der Waals surface area contributed by atoms with E-state index in [0.29, 0.717) is 16.3 Å². The van der Waals surface area contributed by atoms with Crippen LogP contribution in [0, 0.1) is 11.8 Å². The predicted octanol–water partition coefficient (Wildman–Crippen LogP) is 2.94. The molecule has 0 heterocycles. The average Bonchev–Trinajstić information content (AvgIpc) is 2.47. The molecule has 2 rings (SSSR count). The first-order valence-electron chi connectivity index (χ1n) is 5.96. The summed E-state index contributed by atoms with van der Waals surface area (Å²) in [7, 11) is 0. The molecule has 100 valence electrons. The van der Waals surface area contributed by atoms with Gasteiger partial charge < -0.3 is 10.4 Å². The lowest BCUT2D eigenvalue weighted by molar-refractivity contribution is 0.102. The first-order chi connectivity index (χ1) is 9.70. The van der Waals surface area contributed by atoms with Crippen molar-refractivity contribution < 1.29 is 9.90 Å². The number of carbonyl (C=O) groups excluding carboxylic acids is 1. The maximum atomic E-state index is 12.0. The summed E-state index contributed by atoms with van der Waals surface area (Å²) in [5.74, 6) is 5.08. The van der Waals surface area contributed by atoms with E-state index in [0.717, 1.165) is 5.56 Å². The quantitative estimate of drug-likeness (QED) is 0.834. The second kappa shape index (κ2) is 6.76. The summed E-state index contributed by atoms with van der Waals surface area (Å²) in [5.41, 5.74) is 1.86. The third-order valence-electron chi connectivity index (χ3n) is 2.57. The van der Waals surface area contributed by atoms with Crippen LogP contribution >= 0.6 is 11.6 Å². The van der Waals surface area contributed by atoms with E-state index in [1.165, 1.54) is 0 Å². The molecule has 0 bridgehead atoms. The van der Waals surface area contributed by atoms with Crippen LogP contribution in [0.5, 0.6) is 0 Å². The van der Waals surface area contributed by atoms with Crippen LogP contribution in [0.3, 0.4) is 0 Å². The van der Waals surface area contributed by atoms with E-state index in [1.54, 1.807) is 48.5 Å². The first kappa shape index (κ1) is 14.1. The van der Waals surface area contributed by atoms with Crippen molar-refractivity contribution in [1.29, 1.82) is 0 Å². The molecule has 3 nitrogen and oxygen atoms in total. The van der Waals surface area contributed by atoms with Crippen molar-refractivity contribution in [2.75, 3.05) is 11.9 Å². The van der Waals surface area contributed by atoms with Gasteiger partial charge in [-0.3, -0.25) is 4.79 Å². The van der Waals surface area contributed by atoms with Crippen molar-refractivity contribution in [1.82, 2.24) is 0 Å². The number of anilines is 1. The third kappa shape index (κ3) is 3.61. The number of hydrogen-bond acceptors (Lipinski definition) is 2. The van der Waals surface area contributed by atoms with Gasteiger partial charge in [-0.05, 0) is 36.4 Å². The molecule has 0 aliphatic rings. The number of benzene rings is 2. The van der Waals surface area contributed by atoms with Crippen LogP contribution in [0.25, 0.3) is 0 Å². The minimum absolute atomic E-state index is 0.176. The van der Waals surface area contributed by atoms with Crippen molar-refractivity contribution in [3.8, 4) is 11.8 Å². The van der Waals surface area contributed by atoms with Gasteiger partial charge >= 0.3 is 0 Å². The Kier molecular flexibility index (Phi) is 4.78. The summed E-state index contributed by atoms with van der Waals surface area (Å²) in [6.45, 7) is -0.176. The van der Waals surface area contributed by atoms with E-state index in [1.807, 2.05) is 0 Å². The highest BCUT2D eigenvalue weighted by atomic mass is 35.5. The van der Waals surface area contributed by atoms with E-state index in [9.17, 15) is 4.79 Å². The maximum Gasteiger partial charge on any atom is 0.257 e. The van der Waals surface area contributed by atoms with Gasteiger partial charge in [-0.15, -0.1) is 0 Å². The molecule has 0 saturated heterocycles. The molecule has 2 aromatic carbocycles. The Bertz CT molecular complexity index is 669. The number of aliphatic hydroxyl groups excluding tert-OH is 1. The van der Waals surface area contributed by atoms with E-state index in [4.69, 9.17) is 16.7 Å². The molecule has 1 amide bonds. The number of rotatable bonds is 2. The summed E-state index contributed by atoms with van der Waals surface area (Å²) in [5, 5.41) is 11.8. The second-order valence-corrected chi connectivity index (χ2v) is 4.38. The van der Waals surface area contributed by atoms with E-state index < -0.39 is 0 Å². The Morgan fingerprint density at radius 1 is 1.15 bits per heavy atom. The van der Waals surface area contributed by atoms with Gasteiger partial charge in [-0.1, -0.05) is 35.6 Å². The minimum atomic E-state index is -0.259. The normalized spacial score (nSPS) is 9.50. The summed E-state index contributed by atoms with van der Waals surface area (Å²) in [4.78, 5) is 12.0. The molecule has 0 aromatic heterocycles. The molecule has 4 heteroatoms. The highest BCUT2D eigenvalue weighted by Crippen LogP contribution is 2.17. The van der Waals surface area contributed by atoms with Crippen LogP contribution in [0.1, 0.15) is 15.9 Å². The van der Waals surface area contributed by atoms with Gasteiger partial charge in [0.15, 0.2) is 0 Å². The van der Waals surface area contributed by atoms with Crippen molar-refractivity contribution in [3.05, 3.63) is 64.7 Å². The number of amides is 1. The fourth-order valence-corrected chi connectivity index (χ4v) is 1.84. The zero-order chi connectivity index (χ0) is 14.4. The molecule has 0 fully saturated rings. The van der Waals surface area contributed by atoms with Crippen LogP contribution in [0.2, 0.25) is 5.02 Å². The summed E-state index contributed by atoms with van der Waals surface area (Å²) < 4.78 is 0. The van der Waals surface area contributed by atoms with Gasteiger partial charge in [0, 0.05) is 11.3 Å². The highest BCUT2D eigenvalue weighted by Gasteiger charge is 2.09. The average molecular weight is 286 g/mol. The number of nitrogens with one attached hydrogen (secondary N) is 1. The number of hydrogen-bond donors (Lipinski definition) is 2. The molecule has 2 N–H and O–H groups in total. The zero-order valence-electron chi connectivity index (χ0n) is 10.6. The summed E-state index contributed by atoms with van der Waals surface area (Å²) in [6.07, 6.45) is 0. The number of carbonyl (C=O) groups is 1. The van der Waals surface area contributed by atoms with Crippen LogP contribution in [-0.4, -0.2) is 17.6 Å². The SMILES string of the molecule is O=C(Nc1ccc(C#CCO)cc1)c1ccccc1Cl. The minimum Gasteiger partial charge on any atom is -0.384 e. The van der Waals surface area contributed by atoms with Crippen molar-refractivity contribution in [3.63, 3.8) is 0 Å². The standard InChI is InChI=1S/C16H12ClNO2/c17-15-6-2-1-5-14(15)16(20)18-13-9-7-12(8-10-13)4-3-11-19/h1-2,5-10,19H,11H2,(H,18,20). The second-order valence-electron chi connectivity index (χ2n) is 3.97. The summed E-state index contributed by atoms with van der Waals surface area (Å²) in [6, 6.07) is 13.9. The monoisotopic (exact) mass is 285 g/mol. The van der Waals surface area contributed by atoms with Gasteiger partial charge in [-0.2, -0.15) is 0 Å². The Morgan fingerprint density at radius 2 is 1.85 bits per heavy atom. The van der Waals surface area contributed by atoms with Crippen molar-refractivity contribution >= 4 is 23.2 Å². The topological polar surface area (TPSA) is 49.3 Å². The lowest BCUT2D eigenvalue weighted by Gasteiger charge is -2.06. The Labute approximate surface area is 122 Å². The van der Waals surface area contributed by atoms with Crippen LogP contribution in [-0.2, 0) is 0 Å². The molecular weight excluding hydrogens is 274 g/mol. The van der Waals surface area contributed by atoms with Gasteiger partial charge in [0.25, 0.3) is 5.91 Å². The van der Waals surface area contributed by atoms with Gasteiger partial charge in [0.1, 0.15) is 6.61 Å². The van der Waals surface area contributed by atoms with Crippen LogP contribution < -0.4 is 5.32 Å². The first-order valence-corrected chi connectivity index (χ1v) is 6.34. The molecular formula is C16H12ClNO2. The third-order valence-corrected chi connectivity index (χ3v) is 2.90. The highest BCUT2D eigenvalue weighted by molar-refractivity contribution is 6.34. The molecule has 0 unspecified atom stereocenters. The molecule has 0 aliphatic carbocycles. The maximum absolute atomic E-state index is 12.0. The smallest absolute Gasteiger partial charge is 0.257 e. The van der Waals surface area contributed by atoms with Gasteiger partial charge in [0.05, 0.1) is 10.6 Å². The molecule has 0 radical (unpaired) electrons.